The first-order chi connectivity index (χ1) is 11.7. The van der Waals surface area contributed by atoms with Crippen LogP contribution in [0.3, 0.4) is 0 Å². The first-order valence-electron chi connectivity index (χ1n) is 7.36. The molecule has 0 fully saturated rings. The number of carbonyl (C=O) groups excluding carboxylic acids is 1. The second-order valence-electron chi connectivity index (χ2n) is 5.64. The van der Waals surface area contributed by atoms with Crippen molar-refractivity contribution in [2.45, 2.75) is 20.8 Å². The van der Waals surface area contributed by atoms with E-state index in [4.69, 9.17) is 12.2 Å². The van der Waals surface area contributed by atoms with Gasteiger partial charge in [0.05, 0.1) is 10.6 Å². The fourth-order valence-corrected chi connectivity index (χ4v) is 2.59. The molecule has 3 N–H and O–H groups in total. The summed E-state index contributed by atoms with van der Waals surface area (Å²) in [6, 6.07) is 7.58. The Kier molecular flexibility index (Phi) is 5.33. The number of hydrogen-bond donors (Lipinski definition) is 3. The molecule has 2 aromatic carbocycles. The van der Waals surface area contributed by atoms with Gasteiger partial charge in [-0.05, 0) is 62.3 Å². The molecule has 0 aliphatic heterocycles. The number of nitrogens with zero attached hydrogens (tertiary/aromatic N) is 1. The van der Waals surface area contributed by atoms with Crippen molar-refractivity contribution < 1.29 is 14.8 Å². The predicted molar refractivity (Wildman–Crippen MR) is 99.1 cm³/mol. The van der Waals surface area contributed by atoms with Crippen LogP contribution in [-0.4, -0.2) is 21.0 Å². The van der Waals surface area contributed by atoms with Gasteiger partial charge in [-0.1, -0.05) is 6.07 Å². The maximum Gasteiger partial charge on any atom is 0.272 e. The summed E-state index contributed by atoms with van der Waals surface area (Å²) >= 11 is 5.10. The molecule has 0 aromatic heterocycles. The Balaban J connectivity index is 2.12. The Labute approximate surface area is 149 Å². The number of aryl methyl sites for hydroxylation is 3. The molecule has 2 aromatic rings. The Morgan fingerprint density at radius 2 is 1.84 bits per heavy atom. The van der Waals surface area contributed by atoms with Crippen LogP contribution >= 0.6 is 12.2 Å². The lowest BCUT2D eigenvalue weighted by Gasteiger charge is -2.13. The summed E-state index contributed by atoms with van der Waals surface area (Å²) in [5, 5.41) is 26.1. The van der Waals surface area contributed by atoms with E-state index in [-0.39, 0.29) is 22.1 Å². The molecule has 0 saturated heterocycles. The van der Waals surface area contributed by atoms with E-state index in [9.17, 15) is 20.0 Å². The van der Waals surface area contributed by atoms with E-state index < -0.39 is 10.8 Å². The van der Waals surface area contributed by atoms with Crippen LogP contribution in [0.2, 0.25) is 0 Å². The number of nitrogens with one attached hydrogen (secondary N) is 2. The number of hydrogen-bond acceptors (Lipinski definition) is 5. The number of anilines is 1. The minimum Gasteiger partial charge on any atom is -0.505 e. The zero-order chi connectivity index (χ0) is 18.7. The number of carbonyl (C=O) groups is 1. The average molecular weight is 359 g/mol. The van der Waals surface area contributed by atoms with Crippen molar-refractivity contribution in [3.05, 3.63) is 62.7 Å². The van der Waals surface area contributed by atoms with E-state index in [0.29, 0.717) is 16.8 Å². The SMILES string of the molecule is Cc1cc(C)c(O)c(NC(=S)NC(=O)c2ccc([N+](=O)[O-])c(C)c2)c1. The molecule has 130 valence electrons. The predicted octanol–water partition coefficient (Wildman–Crippen LogP) is 3.35. The summed E-state index contributed by atoms with van der Waals surface area (Å²) in [6.45, 7) is 5.19. The Hall–Kier alpha value is -3.00. The zero-order valence-corrected chi connectivity index (χ0v) is 14.7. The zero-order valence-electron chi connectivity index (χ0n) is 13.9. The molecule has 0 spiro atoms. The monoisotopic (exact) mass is 359 g/mol. The highest BCUT2D eigenvalue weighted by atomic mass is 32.1. The maximum atomic E-state index is 12.2. The minimum absolute atomic E-state index is 0.0151. The molecule has 0 atom stereocenters. The third kappa shape index (κ3) is 4.30. The summed E-state index contributed by atoms with van der Waals surface area (Å²) in [5.41, 5.74) is 2.57. The van der Waals surface area contributed by atoms with Gasteiger partial charge in [-0.3, -0.25) is 20.2 Å². The number of nitro groups is 1. The first kappa shape index (κ1) is 18.3. The fourth-order valence-electron chi connectivity index (χ4n) is 2.39. The number of rotatable bonds is 3. The topological polar surface area (TPSA) is 104 Å². The van der Waals surface area contributed by atoms with E-state index in [1.54, 1.807) is 19.9 Å². The van der Waals surface area contributed by atoms with Gasteiger partial charge in [0.1, 0.15) is 5.75 Å². The van der Waals surface area contributed by atoms with Crippen molar-refractivity contribution in [2.24, 2.45) is 0 Å². The number of phenolic OH excluding ortho intramolecular Hbond substituents is 1. The molecule has 0 radical (unpaired) electrons. The normalized spacial score (nSPS) is 10.2. The molecule has 2 rings (SSSR count). The fraction of sp³-hybridized carbons (Fsp3) is 0.176. The third-order valence-corrected chi connectivity index (χ3v) is 3.78. The summed E-state index contributed by atoms with van der Waals surface area (Å²) in [4.78, 5) is 22.5. The van der Waals surface area contributed by atoms with Crippen LogP contribution < -0.4 is 10.6 Å². The first-order valence-corrected chi connectivity index (χ1v) is 7.77. The number of benzene rings is 2. The number of phenols is 1. The molecule has 25 heavy (non-hydrogen) atoms. The molecule has 0 heterocycles. The maximum absolute atomic E-state index is 12.2. The van der Waals surface area contributed by atoms with Gasteiger partial charge in [-0.15, -0.1) is 0 Å². The van der Waals surface area contributed by atoms with E-state index in [0.717, 1.165) is 5.56 Å². The Morgan fingerprint density at radius 3 is 2.44 bits per heavy atom. The van der Waals surface area contributed by atoms with Crippen LogP contribution in [0.15, 0.2) is 30.3 Å². The van der Waals surface area contributed by atoms with Crippen molar-refractivity contribution in [3.63, 3.8) is 0 Å². The smallest absolute Gasteiger partial charge is 0.272 e. The molecular formula is C17H17N3O4S. The number of nitro benzene ring substituents is 1. The number of amides is 1. The van der Waals surface area contributed by atoms with Crippen molar-refractivity contribution in [1.29, 1.82) is 0 Å². The van der Waals surface area contributed by atoms with Gasteiger partial charge >= 0.3 is 0 Å². The van der Waals surface area contributed by atoms with Gasteiger partial charge in [-0.25, -0.2) is 0 Å². The molecule has 8 heteroatoms. The second-order valence-corrected chi connectivity index (χ2v) is 6.05. The standard InChI is InChI=1S/C17H17N3O4S/c1-9-6-11(3)15(21)13(7-9)18-17(25)19-16(22)12-4-5-14(20(23)24)10(2)8-12/h4-8,21H,1-3H3,(H2,18,19,22,25). The highest BCUT2D eigenvalue weighted by molar-refractivity contribution is 7.80. The summed E-state index contributed by atoms with van der Waals surface area (Å²) in [7, 11) is 0. The Morgan fingerprint density at radius 1 is 1.16 bits per heavy atom. The minimum atomic E-state index is -0.508. The van der Waals surface area contributed by atoms with Crippen LogP contribution in [-0.2, 0) is 0 Å². The lowest BCUT2D eigenvalue weighted by Crippen LogP contribution is -2.34. The van der Waals surface area contributed by atoms with Crippen molar-refractivity contribution in [1.82, 2.24) is 5.32 Å². The van der Waals surface area contributed by atoms with Crippen molar-refractivity contribution in [3.8, 4) is 5.75 Å². The largest absolute Gasteiger partial charge is 0.505 e. The van der Waals surface area contributed by atoms with Crippen LogP contribution in [0.5, 0.6) is 5.75 Å². The molecule has 0 saturated carbocycles. The van der Waals surface area contributed by atoms with Crippen LogP contribution in [0.25, 0.3) is 0 Å². The molecule has 0 unspecified atom stereocenters. The van der Waals surface area contributed by atoms with Crippen LogP contribution in [0.1, 0.15) is 27.0 Å². The molecular weight excluding hydrogens is 342 g/mol. The molecule has 0 aliphatic rings. The van der Waals surface area contributed by atoms with E-state index in [2.05, 4.69) is 10.6 Å². The van der Waals surface area contributed by atoms with Gasteiger partial charge in [0.2, 0.25) is 0 Å². The van der Waals surface area contributed by atoms with Gasteiger partial charge in [0.15, 0.2) is 5.11 Å². The second kappa shape index (κ2) is 7.27. The number of thiocarbonyl (C=S) groups is 1. The van der Waals surface area contributed by atoms with Gasteiger partial charge in [-0.2, -0.15) is 0 Å². The summed E-state index contributed by atoms with van der Waals surface area (Å²) in [6.07, 6.45) is 0. The Bertz CT molecular complexity index is 880. The van der Waals surface area contributed by atoms with Crippen molar-refractivity contribution >= 4 is 34.6 Å². The number of aromatic hydroxyl groups is 1. The third-order valence-electron chi connectivity index (χ3n) is 3.58. The molecule has 7 nitrogen and oxygen atoms in total. The average Bonchev–Trinajstić information content (AvgIpc) is 2.51. The van der Waals surface area contributed by atoms with Crippen molar-refractivity contribution in [2.75, 3.05) is 5.32 Å². The summed E-state index contributed by atoms with van der Waals surface area (Å²) in [5.74, 6) is -0.451. The highest BCUT2D eigenvalue weighted by Crippen LogP contribution is 2.28. The summed E-state index contributed by atoms with van der Waals surface area (Å²) < 4.78 is 0. The molecule has 1 amide bonds. The quantitative estimate of drug-likeness (QED) is 0.336. The van der Waals surface area contributed by atoms with Gasteiger partial charge in [0, 0.05) is 17.2 Å². The van der Waals surface area contributed by atoms with Gasteiger partial charge in [0.25, 0.3) is 11.6 Å². The highest BCUT2D eigenvalue weighted by Gasteiger charge is 2.15. The van der Waals surface area contributed by atoms with E-state index in [1.807, 2.05) is 13.0 Å². The van der Waals surface area contributed by atoms with E-state index >= 15 is 0 Å². The van der Waals surface area contributed by atoms with Gasteiger partial charge < -0.3 is 10.4 Å². The van der Waals surface area contributed by atoms with Crippen LogP contribution in [0, 0.1) is 30.9 Å². The van der Waals surface area contributed by atoms with Crippen LogP contribution in [0.4, 0.5) is 11.4 Å². The lowest BCUT2D eigenvalue weighted by atomic mass is 10.1. The lowest BCUT2D eigenvalue weighted by molar-refractivity contribution is -0.385. The van der Waals surface area contributed by atoms with E-state index in [1.165, 1.54) is 18.2 Å². The molecule has 0 bridgehead atoms. The molecule has 0 aliphatic carbocycles.